The van der Waals surface area contributed by atoms with Gasteiger partial charge in [0, 0.05) is 122 Å². The maximum absolute atomic E-state index is 9.09. The Kier molecular flexibility index (Phi) is 25.5. The molecule has 2 rings (SSSR count). The van der Waals surface area contributed by atoms with E-state index in [4.69, 9.17) is 59.6 Å². The first-order chi connectivity index (χ1) is 14.4. The van der Waals surface area contributed by atoms with Crippen molar-refractivity contribution in [3.8, 4) is 0 Å². The standard InChI is InChI=1S/C6H7ClN2.C6H8N2O.CH4.B9.Cl2OS/c1-5(7)6-2-8-4-9-3-6;1-5(9)6-2-7-4-8-3-6;;1-6-9(7(2)3)8(4)5;1-4(2)3/h2-5H,1H3;2-5,9H,1H3;1H4;;. The monoisotopic (exact) mass is 499 g/mol. The predicted octanol–water partition coefficient (Wildman–Crippen LogP) is 0.558. The second kappa shape index (κ2) is 22.5. The summed E-state index contributed by atoms with van der Waals surface area (Å²) in [5, 5.41) is 8.95. The highest BCUT2D eigenvalue weighted by atomic mass is 36.0. The third-order valence-corrected chi connectivity index (χ3v) is 3.47. The zero-order valence-electron chi connectivity index (χ0n) is 17.0. The van der Waals surface area contributed by atoms with Crippen LogP contribution in [0.15, 0.2) is 37.4 Å². The van der Waals surface area contributed by atoms with Crippen molar-refractivity contribution < 1.29 is 9.32 Å². The van der Waals surface area contributed by atoms with Crippen LogP contribution in [0.25, 0.3) is 0 Å². The summed E-state index contributed by atoms with van der Waals surface area (Å²) in [5.74, 6) is 0. The second-order valence-corrected chi connectivity index (χ2v) is 8.92. The number of rotatable bonds is 5. The molecule has 2 aromatic heterocycles. The fourth-order valence-electron chi connectivity index (χ4n) is 1.56. The second-order valence-electron chi connectivity index (χ2n) is 5.74. The predicted molar refractivity (Wildman–Crippen MR) is 147 cm³/mol. The summed E-state index contributed by atoms with van der Waals surface area (Å²) in [6, 6.07) is 0. The quantitative estimate of drug-likeness (QED) is 0.368. The summed E-state index contributed by atoms with van der Waals surface area (Å²) in [7, 11) is 34.8. The van der Waals surface area contributed by atoms with Crippen LogP contribution in [0.1, 0.15) is 43.9 Å². The van der Waals surface area contributed by atoms with Gasteiger partial charge in [-0.3, -0.25) is 0 Å². The molecule has 1 N–H and O–H groups in total. The first-order valence-electron chi connectivity index (χ1n) is 8.57. The van der Waals surface area contributed by atoms with Gasteiger partial charge in [-0.15, -0.1) is 11.6 Å². The average Bonchev–Trinajstić information content (AvgIpc) is 2.70. The Hall–Kier alpha value is -0.276. The Bertz CT molecular complexity index is 645. The fraction of sp³-hybridized carbons (Fsp3) is 0.385. The van der Waals surface area contributed by atoms with Crippen LogP contribution in [0.4, 0.5) is 0 Å². The molecule has 0 saturated heterocycles. The van der Waals surface area contributed by atoms with Crippen LogP contribution in [0.5, 0.6) is 0 Å². The summed E-state index contributed by atoms with van der Waals surface area (Å²) >= 11 is 5.72. The molecule has 0 fully saturated rings. The maximum atomic E-state index is 9.09. The van der Waals surface area contributed by atoms with Crippen molar-refractivity contribution >= 4 is 107 Å². The molecule has 157 valence electrons. The number of aliphatic hydroxyl groups excluding tert-OH is 1. The summed E-state index contributed by atoms with van der Waals surface area (Å²) < 4.78 is 9.09. The smallest absolute Gasteiger partial charge is 0.211 e. The molecule has 0 aliphatic carbocycles. The lowest BCUT2D eigenvalue weighted by atomic mass is 8.64. The highest BCUT2D eigenvalue weighted by molar-refractivity contribution is 8.26. The summed E-state index contributed by atoms with van der Waals surface area (Å²) in [6.45, 7) is 3.57. The first-order valence-corrected chi connectivity index (χ1v) is 11.8. The molecular weight excluding hydrogens is 480 g/mol. The molecule has 0 aromatic carbocycles. The van der Waals surface area contributed by atoms with Gasteiger partial charge in [0.15, 0.2) is 0 Å². The Labute approximate surface area is 216 Å². The molecule has 11 radical (unpaired) electrons. The van der Waals surface area contributed by atoms with Crippen LogP contribution in [0.3, 0.4) is 0 Å². The first kappa shape index (κ1) is 36.3. The van der Waals surface area contributed by atoms with Crippen molar-refractivity contribution in [2.45, 2.75) is 32.8 Å². The third-order valence-electron chi connectivity index (χ3n) is 3.21. The van der Waals surface area contributed by atoms with Crippen molar-refractivity contribution in [3.63, 3.8) is 0 Å². The highest BCUT2D eigenvalue weighted by Gasteiger charge is 2.18. The molecule has 2 atom stereocenters. The third kappa shape index (κ3) is 21.6. The van der Waals surface area contributed by atoms with E-state index in [1.165, 1.54) is 19.7 Å². The normalized spacial score (nSPS) is 10.7. The van der Waals surface area contributed by atoms with Crippen molar-refractivity contribution in [2.24, 2.45) is 0 Å². The lowest BCUT2D eigenvalue weighted by molar-refractivity contribution is 0.198. The molecule has 32 heavy (non-hydrogen) atoms. The molecule has 0 aliphatic heterocycles. The van der Waals surface area contributed by atoms with Gasteiger partial charge >= 0.3 is 0 Å². The molecule has 2 aromatic rings. The minimum absolute atomic E-state index is 0. The molecule has 6 nitrogen and oxygen atoms in total. The summed E-state index contributed by atoms with van der Waals surface area (Å²) in [4.78, 5) is 15.1. The molecule has 19 heteroatoms. The number of aliphatic hydroxyl groups is 1. The van der Waals surface area contributed by atoms with Gasteiger partial charge in [0.05, 0.1) is 11.5 Å². The van der Waals surface area contributed by atoms with Gasteiger partial charge in [0.1, 0.15) is 12.7 Å². The van der Waals surface area contributed by atoms with Crippen LogP contribution >= 0.6 is 33.0 Å². The lowest BCUT2D eigenvalue weighted by Crippen LogP contribution is -2.55. The van der Waals surface area contributed by atoms with Crippen LogP contribution in [0, 0.1) is 0 Å². The van der Waals surface area contributed by atoms with E-state index in [1.54, 1.807) is 31.7 Å². The SMILES string of the molecule is C.CC(Cl)c1cncnc1.CC(O)c1cncnc1.O=S(Cl)Cl.[B][B]B(B([B])[B])B([B])[B]. The van der Waals surface area contributed by atoms with Crippen molar-refractivity contribution in [1.29, 1.82) is 0 Å². The van der Waals surface area contributed by atoms with Crippen molar-refractivity contribution in [3.05, 3.63) is 48.6 Å². The van der Waals surface area contributed by atoms with E-state index in [0.717, 1.165) is 11.1 Å². The van der Waals surface area contributed by atoms with Gasteiger partial charge in [0.25, 0.3) is 0 Å². The van der Waals surface area contributed by atoms with Crippen molar-refractivity contribution in [2.75, 3.05) is 0 Å². The van der Waals surface area contributed by atoms with Crippen molar-refractivity contribution in [1.82, 2.24) is 19.9 Å². The van der Waals surface area contributed by atoms with E-state index in [0.29, 0.717) is 0 Å². The topological polar surface area (TPSA) is 88.9 Å². The minimum Gasteiger partial charge on any atom is -0.389 e. The van der Waals surface area contributed by atoms with E-state index >= 15 is 0 Å². The number of halogens is 3. The van der Waals surface area contributed by atoms with E-state index in [9.17, 15) is 0 Å². The number of hydrogen-bond donors (Lipinski definition) is 1. The number of nitrogens with zero attached hydrogens (tertiary/aromatic N) is 4. The largest absolute Gasteiger partial charge is 0.389 e. The molecule has 2 unspecified atom stereocenters. The fourth-order valence-corrected chi connectivity index (χ4v) is 1.67. The molecule has 0 bridgehead atoms. The maximum Gasteiger partial charge on any atom is 0.211 e. The van der Waals surface area contributed by atoms with Gasteiger partial charge in [-0.1, -0.05) is 7.43 Å². The van der Waals surface area contributed by atoms with Crippen LogP contribution in [0.2, 0.25) is 0 Å². The molecule has 0 amide bonds. The molecule has 0 aliphatic rings. The summed E-state index contributed by atoms with van der Waals surface area (Å²) in [6.07, 6.45) is 7.61. The van der Waals surface area contributed by atoms with Gasteiger partial charge in [-0.05, 0) is 13.8 Å². The zero-order valence-corrected chi connectivity index (χ0v) is 20.1. The van der Waals surface area contributed by atoms with Crippen LogP contribution < -0.4 is 0 Å². The van der Waals surface area contributed by atoms with E-state index in [2.05, 4.69) is 41.3 Å². The van der Waals surface area contributed by atoms with Crippen LogP contribution in [-0.4, -0.2) is 94.2 Å². The number of alkyl halides is 1. The van der Waals surface area contributed by atoms with Gasteiger partial charge < -0.3 is 5.11 Å². The molecule has 0 saturated carbocycles. The molecular formula is C13H19B9Cl3N4O2S. The Morgan fingerprint density at radius 2 is 1.25 bits per heavy atom. The Morgan fingerprint density at radius 3 is 1.38 bits per heavy atom. The van der Waals surface area contributed by atoms with Gasteiger partial charge in [-0.25, -0.2) is 24.1 Å². The number of hydrogen-bond acceptors (Lipinski definition) is 6. The Balaban J connectivity index is -0.000000359. The summed E-state index contributed by atoms with van der Waals surface area (Å²) in [5.41, 5.74) is 1.71. The van der Waals surface area contributed by atoms with E-state index in [1.807, 2.05) is 6.92 Å². The molecule has 0 spiro atoms. The zero-order chi connectivity index (χ0) is 24.4. The lowest BCUT2D eigenvalue weighted by Gasteiger charge is -2.17. The van der Waals surface area contributed by atoms with Gasteiger partial charge in [0.2, 0.25) is 9.23 Å². The highest BCUT2D eigenvalue weighted by Crippen LogP contribution is 2.15. The van der Waals surface area contributed by atoms with Crippen LogP contribution in [-0.2, 0) is 9.23 Å². The number of aromatic nitrogens is 4. The van der Waals surface area contributed by atoms with E-state index < -0.39 is 28.1 Å². The minimum atomic E-state index is -1.67. The van der Waals surface area contributed by atoms with Gasteiger partial charge in [-0.2, -0.15) is 0 Å². The molecule has 2 heterocycles. The average molecular weight is 499 g/mol. The van der Waals surface area contributed by atoms with E-state index in [-0.39, 0.29) is 19.2 Å². The Morgan fingerprint density at radius 1 is 0.938 bits per heavy atom.